The summed E-state index contributed by atoms with van der Waals surface area (Å²) in [5, 5.41) is 0.781. The van der Waals surface area contributed by atoms with Crippen molar-refractivity contribution in [3.05, 3.63) is 58.5 Å². The minimum Gasteiger partial charge on any atom is -0.356 e. The molecule has 0 atom stereocenters. The van der Waals surface area contributed by atoms with E-state index in [-0.39, 0.29) is 11.0 Å². The number of aromatic nitrogens is 4. The second-order valence-corrected chi connectivity index (χ2v) is 9.17. The molecule has 1 aliphatic rings. The number of rotatable bonds is 4. The average Bonchev–Trinajstić information content (AvgIpc) is 2.74. The van der Waals surface area contributed by atoms with Gasteiger partial charge in [-0.15, -0.1) is 0 Å². The molecule has 1 fully saturated rings. The molecule has 3 aromatic rings. The number of hydrogen-bond acceptors (Lipinski definition) is 5. The molecule has 164 valence electrons. The van der Waals surface area contributed by atoms with Crippen molar-refractivity contribution in [2.45, 2.75) is 52.0 Å². The zero-order valence-corrected chi connectivity index (χ0v) is 18.1. The van der Waals surface area contributed by atoms with Crippen molar-refractivity contribution in [1.29, 1.82) is 0 Å². The third kappa shape index (κ3) is 4.57. The van der Waals surface area contributed by atoms with E-state index in [1.165, 1.54) is 0 Å². The fourth-order valence-electron chi connectivity index (χ4n) is 3.99. The minimum atomic E-state index is -2.71. The monoisotopic (exact) mass is 427 g/mol. The first-order chi connectivity index (χ1) is 14.7. The summed E-state index contributed by atoms with van der Waals surface area (Å²) in [6.45, 7) is 8.09. The zero-order chi connectivity index (χ0) is 22.2. The summed E-state index contributed by atoms with van der Waals surface area (Å²) < 4.78 is 28.3. The molecule has 0 radical (unpaired) electrons. The summed E-state index contributed by atoms with van der Waals surface area (Å²) in [6, 6.07) is 8.88. The molecule has 0 unspecified atom stereocenters. The van der Waals surface area contributed by atoms with E-state index >= 15 is 0 Å². The lowest BCUT2D eigenvalue weighted by Gasteiger charge is -2.33. The van der Waals surface area contributed by atoms with E-state index in [9.17, 15) is 13.6 Å². The van der Waals surface area contributed by atoms with Gasteiger partial charge in [-0.2, -0.15) is 0 Å². The summed E-state index contributed by atoms with van der Waals surface area (Å²) in [4.78, 5) is 27.2. The minimum absolute atomic E-state index is 0.0364. The van der Waals surface area contributed by atoms with Crippen molar-refractivity contribution in [2.75, 3.05) is 18.0 Å². The normalized spacial score (nSPS) is 15.7. The lowest BCUT2D eigenvalue weighted by Crippen LogP contribution is -2.37. The average molecular weight is 427 g/mol. The van der Waals surface area contributed by atoms with Crippen LogP contribution in [0.4, 0.5) is 14.6 Å². The van der Waals surface area contributed by atoms with Gasteiger partial charge in [-0.05, 0) is 30.9 Å². The Hall–Kier alpha value is -2.90. The number of hydrogen-bond donors (Lipinski definition) is 0. The Morgan fingerprint density at radius 2 is 1.84 bits per heavy atom. The Morgan fingerprint density at radius 1 is 1.13 bits per heavy atom. The van der Waals surface area contributed by atoms with E-state index in [2.05, 4.69) is 19.9 Å². The summed E-state index contributed by atoms with van der Waals surface area (Å²) in [5.74, 6) is 0.444. The number of anilines is 1. The molecule has 1 aliphatic heterocycles. The van der Waals surface area contributed by atoms with Gasteiger partial charge in [0.05, 0.1) is 17.5 Å². The van der Waals surface area contributed by atoms with E-state index in [4.69, 9.17) is 0 Å². The maximum atomic E-state index is 13.3. The van der Waals surface area contributed by atoms with E-state index < -0.39 is 12.2 Å². The highest BCUT2D eigenvalue weighted by Crippen LogP contribution is 2.30. The number of para-hydroxylation sites is 1. The van der Waals surface area contributed by atoms with Crippen molar-refractivity contribution in [1.82, 2.24) is 19.5 Å². The highest BCUT2D eigenvalue weighted by Gasteiger charge is 2.25. The second kappa shape index (κ2) is 8.32. The highest BCUT2D eigenvalue weighted by molar-refractivity contribution is 5.89. The molecule has 8 heteroatoms. The van der Waals surface area contributed by atoms with Crippen molar-refractivity contribution in [3.8, 4) is 0 Å². The number of fused-ring (bicyclic) bond motifs is 1. The van der Waals surface area contributed by atoms with Crippen LogP contribution in [0, 0.1) is 5.92 Å². The van der Waals surface area contributed by atoms with E-state index in [0.717, 1.165) is 23.9 Å². The first-order valence-electron chi connectivity index (χ1n) is 10.6. The quantitative estimate of drug-likeness (QED) is 0.620. The van der Waals surface area contributed by atoms with Gasteiger partial charge in [-0.1, -0.05) is 32.9 Å². The van der Waals surface area contributed by atoms with Gasteiger partial charge in [0, 0.05) is 36.5 Å². The van der Waals surface area contributed by atoms with Gasteiger partial charge >= 0.3 is 0 Å². The molecule has 6 nitrogen and oxygen atoms in total. The Bertz CT molecular complexity index is 1130. The molecule has 1 saturated heterocycles. The molecule has 0 aliphatic carbocycles. The molecule has 0 amide bonds. The highest BCUT2D eigenvalue weighted by atomic mass is 19.3. The molecule has 3 heterocycles. The standard InChI is InChI=1S/C23H27F2N5O/c1-23(2,3)18-12-19(31)30(14-26-18)13-15-8-10-29(11-9-15)22-16-6-4-5-7-17(16)27-21(28-22)20(24)25/h4-7,12,14-15,20H,8-11,13H2,1-3H3. The summed E-state index contributed by atoms with van der Waals surface area (Å²) >= 11 is 0. The predicted octanol–water partition coefficient (Wildman–Crippen LogP) is 4.34. The predicted molar refractivity (Wildman–Crippen MR) is 117 cm³/mol. The lowest BCUT2D eigenvalue weighted by atomic mass is 9.92. The van der Waals surface area contributed by atoms with Crippen LogP contribution in [-0.2, 0) is 12.0 Å². The van der Waals surface area contributed by atoms with Crippen LogP contribution < -0.4 is 10.5 Å². The molecule has 0 spiro atoms. The molecule has 1 aromatic carbocycles. The first-order valence-corrected chi connectivity index (χ1v) is 10.6. The fourth-order valence-corrected chi connectivity index (χ4v) is 3.99. The van der Waals surface area contributed by atoms with Crippen LogP contribution in [-0.4, -0.2) is 32.6 Å². The molecular weight excluding hydrogens is 400 g/mol. The Balaban J connectivity index is 1.49. The smallest absolute Gasteiger partial charge is 0.297 e. The molecule has 4 rings (SSSR count). The van der Waals surface area contributed by atoms with Crippen molar-refractivity contribution in [3.63, 3.8) is 0 Å². The van der Waals surface area contributed by atoms with Gasteiger partial charge in [0.1, 0.15) is 5.82 Å². The molecule has 0 bridgehead atoms. The van der Waals surface area contributed by atoms with Crippen LogP contribution in [0.15, 0.2) is 41.5 Å². The van der Waals surface area contributed by atoms with Crippen LogP contribution in [0.25, 0.3) is 10.9 Å². The number of nitrogens with zero attached hydrogens (tertiary/aromatic N) is 5. The van der Waals surface area contributed by atoms with Crippen LogP contribution >= 0.6 is 0 Å². The van der Waals surface area contributed by atoms with Crippen molar-refractivity contribution >= 4 is 16.7 Å². The third-order valence-corrected chi connectivity index (χ3v) is 5.81. The number of piperidine rings is 1. The SMILES string of the molecule is CC(C)(C)c1cc(=O)n(CC2CCN(c3nc(C(F)F)nc4ccccc34)CC2)cn1. The molecule has 0 N–H and O–H groups in total. The number of benzene rings is 1. The second-order valence-electron chi connectivity index (χ2n) is 9.17. The third-order valence-electron chi connectivity index (χ3n) is 5.81. The van der Waals surface area contributed by atoms with Gasteiger partial charge in [-0.3, -0.25) is 9.36 Å². The molecule has 2 aromatic heterocycles. The first kappa shape index (κ1) is 21.3. The van der Waals surface area contributed by atoms with Crippen LogP contribution in [0.5, 0.6) is 0 Å². The van der Waals surface area contributed by atoms with Gasteiger partial charge < -0.3 is 4.90 Å². The van der Waals surface area contributed by atoms with Crippen LogP contribution in [0.2, 0.25) is 0 Å². The van der Waals surface area contributed by atoms with E-state index in [0.29, 0.717) is 36.9 Å². The molecule has 31 heavy (non-hydrogen) atoms. The fraction of sp³-hybridized carbons (Fsp3) is 0.478. The number of alkyl halides is 2. The largest absolute Gasteiger partial charge is 0.356 e. The maximum absolute atomic E-state index is 13.3. The van der Waals surface area contributed by atoms with Crippen LogP contribution in [0.1, 0.15) is 51.6 Å². The zero-order valence-electron chi connectivity index (χ0n) is 18.1. The van der Waals surface area contributed by atoms with Crippen molar-refractivity contribution < 1.29 is 8.78 Å². The topological polar surface area (TPSA) is 63.9 Å². The summed E-state index contributed by atoms with van der Waals surface area (Å²) in [7, 11) is 0. The van der Waals surface area contributed by atoms with Gasteiger partial charge in [-0.25, -0.2) is 23.7 Å². The Kier molecular flexibility index (Phi) is 5.73. The summed E-state index contributed by atoms with van der Waals surface area (Å²) in [6.07, 6.45) is 0.615. The molecule has 0 saturated carbocycles. The van der Waals surface area contributed by atoms with Crippen LogP contribution in [0.3, 0.4) is 0 Å². The number of halogens is 2. The van der Waals surface area contributed by atoms with E-state index in [1.54, 1.807) is 29.1 Å². The maximum Gasteiger partial charge on any atom is 0.297 e. The van der Waals surface area contributed by atoms with Gasteiger partial charge in [0.2, 0.25) is 0 Å². The Morgan fingerprint density at radius 3 is 2.48 bits per heavy atom. The van der Waals surface area contributed by atoms with E-state index in [1.807, 2.05) is 32.9 Å². The van der Waals surface area contributed by atoms with Gasteiger partial charge in [0.15, 0.2) is 5.82 Å². The van der Waals surface area contributed by atoms with Crippen molar-refractivity contribution in [2.24, 2.45) is 5.92 Å². The Labute approximate surface area is 180 Å². The lowest BCUT2D eigenvalue weighted by molar-refractivity contribution is 0.141. The van der Waals surface area contributed by atoms with Gasteiger partial charge in [0.25, 0.3) is 12.0 Å². The molecular formula is C23H27F2N5O. The summed E-state index contributed by atoms with van der Waals surface area (Å²) in [5.41, 5.74) is 1.11.